The van der Waals surface area contributed by atoms with Crippen LogP contribution >= 0.6 is 23.1 Å². The fourth-order valence-electron chi connectivity index (χ4n) is 3.45. The Labute approximate surface area is 163 Å². The van der Waals surface area contributed by atoms with Crippen molar-refractivity contribution in [2.75, 3.05) is 25.2 Å². The number of thioether (sulfide) groups is 1. The summed E-state index contributed by atoms with van der Waals surface area (Å²) in [5.74, 6) is 1.14. The number of thiophene rings is 1. The highest BCUT2D eigenvalue weighted by Crippen LogP contribution is 2.33. The summed E-state index contributed by atoms with van der Waals surface area (Å²) < 4.78 is 7.33. The topological polar surface area (TPSA) is 56.1 Å². The lowest BCUT2D eigenvalue weighted by atomic mass is 9.93. The molecule has 1 unspecified atom stereocenters. The van der Waals surface area contributed by atoms with Crippen molar-refractivity contribution >= 4 is 33.3 Å². The van der Waals surface area contributed by atoms with Gasteiger partial charge in [0.05, 0.1) is 17.8 Å². The van der Waals surface area contributed by atoms with Crippen molar-refractivity contribution in [1.29, 1.82) is 0 Å². The number of nitrogens with zero attached hydrogens (tertiary/aromatic N) is 2. The smallest absolute Gasteiger partial charge is 0.262 e. The lowest BCUT2D eigenvalue weighted by Gasteiger charge is -2.23. The molecule has 2 aromatic heterocycles. The van der Waals surface area contributed by atoms with Gasteiger partial charge in [-0.1, -0.05) is 0 Å². The molecule has 2 aromatic rings. The first-order chi connectivity index (χ1) is 12.6. The Balaban J connectivity index is 1.72. The lowest BCUT2D eigenvalue weighted by Crippen LogP contribution is -2.35. The molecule has 1 aliphatic rings. The Morgan fingerprint density at radius 2 is 2.35 bits per heavy atom. The molecule has 144 valence electrons. The molecular weight excluding hydrogens is 366 g/mol. The Morgan fingerprint density at radius 1 is 1.50 bits per heavy atom. The number of fused-ring (bicyclic) bond motifs is 3. The highest BCUT2D eigenvalue weighted by molar-refractivity contribution is 7.98. The Morgan fingerprint density at radius 3 is 3.12 bits per heavy atom. The van der Waals surface area contributed by atoms with E-state index >= 15 is 0 Å². The van der Waals surface area contributed by atoms with Gasteiger partial charge in [0.25, 0.3) is 5.56 Å². The van der Waals surface area contributed by atoms with Crippen LogP contribution in [0.3, 0.4) is 0 Å². The van der Waals surface area contributed by atoms with Crippen molar-refractivity contribution in [3.63, 3.8) is 0 Å². The summed E-state index contributed by atoms with van der Waals surface area (Å²) in [7, 11) is 0. The van der Waals surface area contributed by atoms with Crippen molar-refractivity contribution in [3.8, 4) is 0 Å². The highest BCUT2D eigenvalue weighted by atomic mass is 32.2. The third kappa shape index (κ3) is 4.68. The Bertz CT molecular complexity index is 785. The van der Waals surface area contributed by atoms with Crippen molar-refractivity contribution in [3.05, 3.63) is 27.1 Å². The molecule has 0 aromatic carbocycles. The van der Waals surface area contributed by atoms with Crippen molar-refractivity contribution < 1.29 is 4.74 Å². The molecule has 7 heteroatoms. The molecule has 3 rings (SSSR count). The fourth-order valence-corrected chi connectivity index (χ4v) is 5.03. The van der Waals surface area contributed by atoms with Gasteiger partial charge in [0, 0.05) is 36.4 Å². The largest absolute Gasteiger partial charge is 0.379 e. The van der Waals surface area contributed by atoms with E-state index in [1.165, 1.54) is 10.4 Å². The first-order valence-electron chi connectivity index (χ1n) is 9.43. The molecule has 26 heavy (non-hydrogen) atoms. The second kappa shape index (κ2) is 9.35. The molecule has 0 radical (unpaired) electrons. The van der Waals surface area contributed by atoms with Crippen LogP contribution in [0.25, 0.3) is 10.2 Å². The van der Waals surface area contributed by atoms with E-state index in [4.69, 9.17) is 4.74 Å². The molecule has 0 spiro atoms. The van der Waals surface area contributed by atoms with Gasteiger partial charge in [-0.3, -0.25) is 9.36 Å². The quantitative estimate of drug-likeness (QED) is 0.661. The van der Waals surface area contributed by atoms with Crippen LogP contribution in [0.15, 0.2) is 11.1 Å². The van der Waals surface area contributed by atoms with Crippen molar-refractivity contribution in [1.82, 2.24) is 14.9 Å². The number of aromatic nitrogens is 2. The van der Waals surface area contributed by atoms with E-state index < -0.39 is 0 Å². The SMILES string of the molecule is CSCCNC1CCc2c(sc3ncn(CCCOC(C)C)c(=O)c23)C1. The van der Waals surface area contributed by atoms with Crippen LogP contribution in [-0.2, 0) is 24.1 Å². The van der Waals surface area contributed by atoms with E-state index in [0.29, 0.717) is 19.2 Å². The van der Waals surface area contributed by atoms with Gasteiger partial charge in [-0.05, 0) is 51.3 Å². The van der Waals surface area contributed by atoms with E-state index in [0.717, 1.165) is 48.2 Å². The van der Waals surface area contributed by atoms with Gasteiger partial charge in [-0.15, -0.1) is 11.3 Å². The summed E-state index contributed by atoms with van der Waals surface area (Å²) in [6, 6.07) is 0.526. The van der Waals surface area contributed by atoms with Crippen LogP contribution < -0.4 is 10.9 Å². The fraction of sp³-hybridized carbons (Fsp3) is 0.684. The monoisotopic (exact) mass is 395 g/mol. The van der Waals surface area contributed by atoms with Crippen LogP contribution in [0.4, 0.5) is 0 Å². The summed E-state index contributed by atoms with van der Waals surface area (Å²) in [5, 5.41) is 4.51. The third-order valence-corrected chi connectivity index (χ3v) is 6.54. The minimum absolute atomic E-state index is 0.117. The van der Waals surface area contributed by atoms with Gasteiger partial charge in [-0.25, -0.2) is 4.98 Å². The van der Waals surface area contributed by atoms with E-state index in [1.807, 2.05) is 25.6 Å². The van der Waals surface area contributed by atoms with Crippen LogP contribution in [0.1, 0.15) is 37.1 Å². The average molecular weight is 396 g/mol. The van der Waals surface area contributed by atoms with Crippen molar-refractivity contribution in [2.45, 2.75) is 58.2 Å². The zero-order valence-electron chi connectivity index (χ0n) is 15.9. The predicted octanol–water partition coefficient (Wildman–Crippen LogP) is 3.08. The van der Waals surface area contributed by atoms with Gasteiger partial charge in [0.2, 0.25) is 0 Å². The minimum Gasteiger partial charge on any atom is -0.379 e. The van der Waals surface area contributed by atoms with E-state index in [9.17, 15) is 4.79 Å². The Hall–Kier alpha value is -0.890. The maximum Gasteiger partial charge on any atom is 0.262 e. The second-order valence-electron chi connectivity index (χ2n) is 7.09. The average Bonchev–Trinajstić information content (AvgIpc) is 2.99. The predicted molar refractivity (Wildman–Crippen MR) is 112 cm³/mol. The number of ether oxygens (including phenoxy) is 1. The zero-order chi connectivity index (χ0) is 18.5. The molecule has 1 N–H and O–H groups in total. The minimum atomic E-state index is 0.117. The normalized spacial score (nSPS) is 17.2. The highest BCUT2D eigenvalue weighted by Gasteiger charge is 2.24. The van der Waals surface area contributed by atoms with Gasteiger partial charge < -0.3 is 10.1 Å². The second-order valence-corrected chi connectivity index (χ2v) is 9.16. The molecule has 1 atom stereocenters. The van der Waals surface area contributed by atoms with Crippen LogP contribution in [0.5, 0.6) is 0 Å². The van der Waals surface area contributed by atoms with E-state index in [-0.39, 0.29) is 11.7 Å². The summed E-state index contributed by atoms with van der Waals surface area (Å²) in [5.41, 5.74) is 1.36. The molecule has 1 aliphatic carbocycles. The summed E-state index contributed by atoms with van der Waals surface area (Å²) in [6.45, 7) is 6.45. The molecule has 0 fully saturated rings. The Kier molecular flexibility index (Phi) is 7.14. The summed E-state index contributed by atoms with van der Waals surface area (Å²) in [6.07, 6.45) is 8.00. The summed E-state index contributed by atoms with van der Waals surface area (Å²) >= 11 is 3.57. The van der Waals surface area contributed by atoms with Gasteiger partial charge >= 0.3 is 0 Å². The van der Waals surface area contributed by atoms with E-state index in [1.54, 1.807) is 22.2 Å². The van der Waals surface area contributed by atoms with Crippen LogP contribution in [0, 0.1) is 0 Å². The number of hydrogen-bond acceptors (Lipinski definition) is 6. The molecule has 0 saturated carbocycles. The molecule has 5 nitrogen and oxygen atoms in total. The zero-order valence-corrected chi connectivity index (χ0v) is 17.5. The number of rotatable bonds is 9. The first-order valence-corrected chi connectivity index (χ1v) is 11.6. The first kappa shape index (κ1) is 19.9. The number of aryl methyl sites for hydroxylation is 2. The number of hydrogen-bond donors (Lipinski definition) is 1. The van der Waals surface area contributed by atoms with Crippen LogP contribution in [-0.4, -0.2) is 46.9 Å². The molecule has 0 bridgehead atoms. The lowest BCUT2D eigenvalue weighted by molar-refractivity contribution is 0.0747. The standard InChI is InChI=1S/C19H29N3O2S2/c1-13(2)24-9-4-8-22-12-21-18-17(19(22)23)15-6-5-14(11-16(15)26-18)20-7-10-25-3/h12-14,20H,4-11H2,1-3H3. The third-order valence-electron chi connectivity index (χ3n) is 4.77. The van der Waals surface area contributed by atoms with Crippen LogP contribution in [0.2, 0.25) is 0 Å². The summed E-state index contributed by atoms with van der Waals surface area (Å²) in [4.78, 5) is 19.8. The van der Waals surface area contributed by atoms with Gasteiger partial charge in [0.1, 0.15) is 4.83 Å². The molecule has 0 amide bonds. The number of nitrogens with one attached hydrogen (secondary N) is 1. The maximum absolute atomic E-state index is 13.0. The van der Waals surface area contributed by atoms with Gasteiger partial charge in [0.15, 0.2) is 0 Å². The van der Waals surface area contributed by atoms with Crippen molar-refractivity contribution in [2.24, 2.45) is 0 Å². The molecule has 0 aliphatic heterocycles. The molecule has 0 saturated heterocycles. The molecule has 2 heterocycles. The van der Waals surface area contributed by atoms with E-state index in [2.05, 4.69) is 16.6 Å². The maximum atomic E-state index is 13.0. The molecular formula is C19H29N3O2S2. The van der Waals surface area contributed by atoms with Gasteiger partial charge in [-0.2, -0.15) is 11.8 Å².